The van der Waals surface area contributed by atoms with Crippen molar-refractivity contribution >= 4 is 0 Å². The lowest BCUT2D eigenvalue weighted by atomic mass is 9.83. The van der Waals surface area contributed by atoms with Gasteiger partial charge in [-0.2, -0.15) is 13.2 Å². The summed E-state index contributed by atoms with van der Waals surface area (Å²) in [5.74, 6) is -2.03. The molecule has 2 heterocycles. The van der Waals surface area contributed by atoms with Crippen LogP contribution in [0.15, 0.2) is 12.1 Å². The molecule has 1 atom stereocenters. The van der Waals surface area contributed by atoms with Gasteiger partial charge in [0.05, 0.1) is 5.56 Å². The fraction of sp³-hybridized carbons (Fsp3) is 0.647. The molecule has 3 rings (SSSR count). The highest BCUT2D eigenvalue weighted by molar-refractivity contribution is 5.45. The minimum absolute atomic E-state index is 0.124. The van der Waals surface area contributed by atoms with Gasteiger partial charge in [0, 0.05) is 51.0 Å². The summed E-state index contributed by atoms with van der Waals surface area (Å²) < 4.78 is 60.0. The lowest BCUT2D eigenvalue weighted by Crippen LogP contribution is -2.48. The van der Waals surface area contributed by atoms with Crippen LogP contribution in [0, 0.1) is 11.7 Å². The molecular formula is C17H22F4N2O2. The SMILES string of the molecule is Oc1c(F)ccc(C(F)(F)F)c1[C@@H](C1CCOCC1)N1CCNCC1. The van der Waals surface area contributed by atoms with Crippen molar-refractivity contribution < 1.29 is 27.4 Å². The average molecular weight is 362 g/mol. The summed E-state index contributed by atoms with van der Waals surface area (Å²) >= 11 is 0. The van der Waals surface area contributed by atoms with Gasteiger partial charge >= 0.3 is 6.18 Å². The molecule has 0 aromatic heterocycles. The molecule has 2 saturated heterocycles. The molecule has 1 aromatic rings. The van der Waals surface area contributed by atoms with Crippen LogP contribution in [0.5, 0.6) is 5.75 Å². The van der Waals surface area contributed by atoms with Crippen molar-refractivity contribution in [3.8, 4) is 5.75 Å². The Bertz CT molecular complexity index is 579. The molecule has 0 aliphatic carbocycles. The Kier molecular flexibility index (Phi) is 5.50. The van der Waals surface area contributed by atoms with Crippen molar-refractivity contribution in [2.75, 3.05) is 39.4 Å². The molecule has 4 nitrogen and oxygen atoms in total. The van der Waals surface area contributed by atoms with E-state index >= 15 is 0 Å². The predicted molar refractivity (Wildman–Crippen MR) is 83.8 cm³/mol. The van der Waals surface area contributed by atoms with Crippen LogP contribution in [0.1, 0.15) is 30.0 Å². The van der Waals surface area contributed by atoms with Crippen LogP contribution < -0.4 is 5.32 Å². The molecular weight excluding hydrogens is 340 g/mol. The van der Waals surface area contributed by atoms with Crippen molar-refractivity contribution in [2.45, 2.75) is 25.1 Å². The van der Waals surface area contributed by atoms with Gasteiger partial charge in [-0.3, -0.25) is 4.90 Å². The number of ether oxygens (including phenoxy) is 1. The third kappa shape index (κ3) is 3.91. The number of benzene rings is 1. The van der Waals surface area contributed by atoms with E-state index in [-0.39, 0.29) is 11.5 Å². The zero-order valence-corrected chi connectivity index (χ0v) is 13.8. The van der Waals surface area contributed by atoms with E-state index in [9.17, 15) is 22.7 Å². The number of nitrogens with zero attached hydrogens (tertiary/aromatic N) is 1. The number of nitrogens with one attached hydrogen (secondary N) is 1. The first-order valence-electron chi connectivity index (χ1n) is 8.50. The Morgan fingerprint density at radius 1 is 1.16 bits per heavy atom. The minimum atomic E-state index is -4.65. The Labute approximate surface area is 143 Å². The topological polar surface area (TPSA) is 44.7 Å². The van der Waals surface area contributed by atoms with E-state index in [1.807, 2.05) is 4.90 Å². The standard InChI is InChI=1S/C17H22F4N2O2/c18-13-2-1-12(17(19,20)21)14(16(13)24)15(11-3-9-25-10-4-11)23-7-5-22-6-8-23/h1-2,11,15,22,24H,3-10H2/t15-/m1/s1. The number of halogens is 4. The summed E-state index contributed by atoms with van der Waals surface area (Å²) in [6.45, 7) is 3.33. The maximum atomic E-state index is 14.0. The van der Waals surface area contributed by atoms with Crippen molar-refractivity contribution in [1.82, 2.24) is 10.2 Å². The van der Waals surface area contributed by atoms with E-state index in [2.05, 4.69) is 5.32 Å². The Hall–Kier alpha value is -1.38. The van der Waals surface area contributed by atoms with Gasteiger partial charge in [0.1, 0.15) is 0 Å². The summed E-state index contributed by atoms with van der Waals surface area (Å²) in [5, 5.41) is 13.4. The van der Waals surface area contributed by atoms with Gasteiger partial charge in [-0.05, 0) is 30.9 Å². The van der Waals surface area contributed by atoms with Gasteiger partial charge in [0.15, 0.2) is 11.6 Å². The van der Waals surface area contributed by atoms with Crippen molar-refractivity contribution in [3.63, 3.8) is 0 Å². The van der Waals surface area contributed by atoms with Gasteiger partial charge in [0.2, 0.25) is 0 Å². The lowest BCUT2D eigenvalue weighted by molar-refractivity contribution is -0.139. The summed E-state index contributed by atoms with van der Waals surface area (Å²) in [6, 6.07) is 0.734. The molecule has 8 heteroatoms. The van der Waals surface area contributed by atoms with E-state index in [1.165, 1.54) is 0 Å². The number of alkyl halides is 3. The van der Waals surface area contributed by atoms with Crippen LogP contribution in [-0.2, 0) is 10.9 Å². The van der Waals surface area contributed by atoms with Crippen LogP contribution in [0.25, 0.3) is 0 Å². The summed E-state index contributed by atoms with van der Waals surface area (Å²) in [7, 11) is 0. The van der Waals surface area contributed by atoms with Gasteiger partial charge in [-0.1, -0.05) is 0 Å². The van der Waals surface area contributed by atoms with E-state index < -0.39 is 29.3 Å². The molecule has 0 amide bonds. The lowest BCUT2D eigenvalue weighted by Gasteiger charge is -2.42. The first-order valence-corrected chi connectivity index (χ1v) is 8.50. The number of hydrogen-bond donors (Lipinski definition) is 2. The van der Waals surface area contributed by atoms with Gasteiger partial charge < -0.3 is 15.2 Å². The smallest absolute Gasteiger partial charge is 0.416 e. The summed E-state index contributed by atoms with van der Waals surface area (Å²) in [5.41, 5.74) is -1.29. The van der Waals surface area contributed by atoms with Crippen molar-refractivity contribution in [1.29, 1.82) is 0 Å². The first kappa shape index (κ1) is 18.4. The molecule has 2 fully saturated rings. The fourth-order valence-electron chi connectivity index (χ4n) is 3.84. The van der Waals surface area contributed by atoms with Crippen LogP contribution >= 0.6 is 0 Å². The molecule has 0 bridgehead atoms. The third-order valence-electron chi connectivity index (χ3n) is 5.03. The van der Waals surface area contributed by atoms with E-state index in [0.29, 0.717) is 58.3 Å². The molecule has 140 valence electrons. The number of rotatable bonds is 3. The van der Waals surface area contributed by atoms with E-state index in [4.69, 9.17) is 4.74 Å². The summed E-state index contributed by atoms with van der Waals surface area (Å²) in [6.07, 6.45) is -3.48. The van der Waals surface area contributed by atoms with Crippen molar-refractivity contribution in [2.24, 2.45) is 5.92 Å². The molecule has 2 N–H and O–H groups in total. The number of phenolic OH excluding ortho intramolecular Hbond substituents is 1. The molecule has 0 spiro atoms. The molecule has 0 unspecified atom stereocenters. The molecule has 0 radical (unpaired) electrons. The highest BCUT2D eigenvalue weighted by Crippen LogP contribution is 2.46. The highest BCUT2D eigenvalue weighted by atomic mass is 19.4. The quantitative estimate of drug-likeness (QED) is 0.812. The third-order valence-corrected chi connectivity index (χ3v) is 5.03. The monoisotopic (exact) mass is 362 g/mol. The second kappa shape index (κ2) is 7.47. The molecule has 25 heavy (non-hydrogen) atoms. The number of hydrogen-bond acceptors (Lipinski definition) is 4. The predicted octanol–water partition coefficient (Wildman–Crippen LogP) is 2.92. The maximum absolute atomic E-state index is 14.0. The Morgan fingerprint density at radius 3 is 2.40 bits per heavy atom. The highest BCUT2D eigenvalue weighted by Gasteiger charge is 2.42. The first-order chi connectivity index (χ1) is 11.9. The Morgan fingerprint density at radius 2 is 1.80 bits per heavy atom. The zero-order valence-electron chi connectivity index (χ0n) is 13.8. The van der Waals surface area contributed by atoms with Crippen LogP contribution in [0.3, 0.4) is 0 Å². The largest absolute Gasteiger partial charge is 0.505 e. The second-order valence-corrected chi connectivity index (χ2v) is 6.54. The average Bonchev–Trinajstić information content (AvgIpc) is 2.60. The number of phenols is 1. The maximum Gasteiger partial charge on any atom is 0.416 e. The van der Waals surface area contributed by atoms with Crippen molar-refractivity contribution in [3.05, 3.63) is 29.1 Å². The molecule has 1 aromatic carbocycles. The Balaban J connectivity index is 2.09. The van der Waals surface area contributed by atoms with Crippen LogP contribution in [0.2, 0.25) is 0 Å². The fourth-order valence-corrected chi connectivity index (χ4v) is 3.84. The normalized spacial score (nSPS) is 22.1. The van der Waals surface area contributed by atoms with Gasteiger partial charge in [-0.25, -0.2) is 4.39 Å². The van der Waals surface area contributed by atoms with E-state index in [1.54, 1.807) is 0 Å². The summed E-state index contributed by atoms with van der Waals surface area (Å²) in [4.78, 5) is 1.93. The number of piperazine rings is 1. The molecule has 2 aliphatic rings. The van der Waals surface area contributed by atoms with Gasteiger partial charge in [0.25, 0.3) is 0 Å². The van der Waals surface area contributed by atoms with Crippen LogP contribution in [0.4, 0.5) is 17.6 Å². The van der Waals surface area contributed by atoms with Crippen LogP contribution in [-0.4, -0.2) is 49.4 Å². The molecule has 0 saturated carbocycles. The second-order valence-electron chi connectivity index (χ2n) is 6.54. The molecule has 2 aliphatic heterocycles. The number of aromatic hydroxyl groups is 1. The zero-order chi connectivity index (χ0) is 18.0. The van der Waals surface area contributed by atoms with E-state index in [0.717, 1.165) is 6.07 Å². The van der Waals surface area contributed by atoms with Gasteiger partial charge in [-0.15, -0.1) is 0 Å². The minimum Gasteiger partial charge on any atom is -0.505 e.